The van der Waals surface area contributed by atoms with Crippen molar-refractivity contribution in [3.8, 4) is 0 Å². The van der Waals surface area contributed by atoms with Gasteiger partial charge in [-0.3, -0.25) is 4.79 Å². The normalized spacial score (nSPS) is 17.0. The molecule has 0 spiro atoms. The van der Waals surface area contributed by atoms with Crippen LogP contribution in [0.1, 0.15) is 29.0 Å². The van der Waals surface area contributed by atoms with Crippen LogP contribution in [0.4, 0.5) is 5.69 Å². The minimum absolute atomic E-state index is 0.0575. The van der Waals surface area contributed by atoms with E-state index in [-0.39, 0.29) is 5.91 Å². The molecule has 1 unspecified atom stereocenters. The monoisotopic (exact) mass is 284 g/mol. The fraction of sp³-hybridized carbons (Fsp3) is 0.250. The minimum atomic E-state index is -0.513. The van der Waals surface area contributed by atoms with Gasteiger partial charge in [0.25, 0.3) is 5.91 Å². The van der Waals surface area contributed by atoms with E-state index in [0.29, 0.717) is 12.3 Å². The highest BCUT2D eigenvalue weighted by atomic mass is 16.5. The van der Waals surface area contributed by atoms with Gasteiger partial charge in [-0.25, -0.2) is 4.79 Å². The van der Waals surface area contributed by atoms with Crippen molar-refractivity contribution >= 4 is 17.6 Å². The molecule has 108 valence electrons. The maximum Gasteiger partial charge on any atom is 0.354 e. The number of hydrogen-bond donors (Lipinski definition) is 0. The van der Waals surface area contributed by atoms with Gasteiger partial charge in [0.2, 0.25) is 0 Å². The van der Waals surface area contributed by atoms with Crippen molar-refractivity contribution in [3.05, 3.63) is 53.9 Å². The van der Waals surface area contributed by atoms with Crippen molar-refractivity contribution in [2.75, 3.05) is 18.6 Å². The molecule has 5 heteroatoms. The van der Waals surface area contributed by atoms with Crippen LogP contribution in [0.2, 0.25) is 0 Å². The van der Waals surface area contributed by atoms with Gasteiger partial charge in [0.1, 0.15) is 11.7 Å². The summed E-state index contributed by atoms with van der Waals surface area (Å²) in [5.74, 6) is -0.472. The van der Waals surface area contributed by atoms with E-state index >= 15 is 0 Å². The number of carbonyl (C=O) groups is 2. The molecular weight excluding hydrogens is 268 g/mol. The molecule has 1 aromatic carbocycles. The quantitative estimate of drug-likeness (QED) is 0.812. The summed E-state index contributed by atoms with van der Waals surface area (Å²) in [6, 6.07) is 10.5. The van der Waals surface area contributed by atoms with Gasteiger partial charge in [0, 0.05) is 24.5 Å². The summed E-state index contributed by atoms with van der Waals surface area (Å²) < 4.78 is 6.74. The minimum Gasteiger partial charge on any atom is -0.461 e. The lowest BCUT2D eigenvalue weighted by molar-refractivity contribution is -0.119. The average Bonchev–Trinajstić information content (AvgIpc) is 3.04. The topological polar surface area (TPSA) is 51.5 Å². The van der Waals surface area contributed by atoms with Crippen LogP contribution in [-0.2, 0) is 9.53 Å². The summed E-state index contributed by atoms with van der Waals surface area (Å²) in [4.78, 5) is 26.2. The largest absolute Gasteiger partial charge is 0.461 e. The lowest BCUT2D eigenvalue weighted by Gasteiger charge is -2.15. The zero-order chi connectivity index (χ0) is 15.0. The number of para-hydroxylation sites is 1. The number of ether oxygens (including phenoxy) is 1. The highest BCUT2D eigenvalue weighted by Crippen LogP contribution is 2.37. The summed E-state index contributed by atoms with van der Waals surface area (Å²) in [6.45, 7) is 2.06. The number of rotatable bonds is 3. The summed E-state index contributed by atoms with van der Waals surface area (Å²) in [5, 5.41) is 0. The van der Waals surface area contributed by atoms with Gasteiger partial charge in [0.05, 0.1) is 6.61 Å². The van der Waals surface area contributed by atoms with E-state index in [1.54, 1.807) is 41.8 Å². The molecule has 2 heterocycles. The summed E-state index contributed by atoms with van der Waals surface area (Å²) in [5.41, 5.74) is 2.16. The van der Waals surface area contributed by atoms with Gasteiger partial charge in [-0.05, 0) is 25.1 Å². The first kappa shape index (κ1) is 13.4. The molecule has 1 amide bonds. The first-order valence-corrected chi connectivity index (χ1v) is 6.85. The van der Waals surface area contributed by atoms with E-state index in [2.05, 4.69) is 0 Å². The predicted molar refractivity (Wildman–Crippen MR) is 78.4 cm³/mol. The summed E-state index contributed by atoms with van der Waals surface area (Å²) in [6.07, 6.45) is 1.74. The number of nitrogens with zero attached hydrogens (tertiary/aromatic N) is 2. The molecule has 0 N–H and O–H groups in total. The highest BCUT2D eigenvalue weighted by Gasteiger charge is 2.37. The Morgan fingerprint density at radius 1 is 1.24 bits per heavy atom. The molecule has 1 aliphatic heterocycles. The lowest BCUT2D eigenvalue weighted by Crippen LogP contribution is -2.29. The van der Waals surface area contributed by atoms with Crippen LogP contribution in [0, 0.1) is 0 Å². The van der Waals surface area contributed by atoms with E-state index in [1.165, 1.54) is 0 Å². The lowest BCUT2D eigenvalue weighted by atomic mass is 10.1. The number of aromatic nitrogens is 1. The number of benzene rings is 1. The Bertz CT molecular complexity index is 705. The van der Waals surface area contributed by atoms with Crippen molar-refractivity contribution in [2.45, 2.75) is 13.0 Å². The summed E-state index contributed by atoms with van der Waals surface area (Å²) >= 11 is 0. The van der Waals surface area contributed by atoms with Gasteiger partial charge in [-0.1, -0.05) is 18.2 Å². The molecule has 5 nitrogen and oxygen atoms in total. The maximum absolute atomic E-state index is 12.5. The Kier molecular flexibility index (Phi) is 3.25. The molecule has 1 aliphatic rings. The molecule has 0 saturated heterocycles. The molecule has 0 fully saturated rings. The third kappa shape index (κ3) is 2.01. The Hall–Kier alpha value is -2.56. The van der Waals surface area contributed by atoms with E-state index in [9.17, 15) is 9.59 Å². The van der Waals surface area contributed by atoms with E-state index in [1.807, 2.05) is 24.3 Å². The Morgan fingerprint density at radius 2 is 2.00 bits per heavy atom. The molecule has 1 atom stereocenters. The van der Waals surface area contributed by atoms with Gasteiger partial charge in [0.15, 0.2) is 0 Å². The molecule has 3 rings (SSSR count). The third-order valence-electron chi connectivity index (χ3n) is 3.70. The van der Waals surface area contributed by atoms with Crippen LogP contribution >= 0.6 is 0 Å². The van der Waals surface area contributed by atoms with Crippen LogP contribution in [0.3, 0.4) is 0 Å². The number of hydrogen-bond acceptors (Lipinski definition) is 3. The molecule has 0 bridgehead atoms. The molecule has 2 aromatic rings. The molecular formula is C16H16N2O3. The Labute approximate surface area is 122 Å². The van der Waals surface area contributed by atoms with Crippen molar-refractivity contribution in [3.63, 3.8) is 0 Å². The van der Waals surface area contributed by atoms with Crippen LogP contribution in [0.15, 0.2) is 42.6 Å². The maximum atomic E-state index is 12.5. The van der Waals surface area contributed by atoms with Gasteiger partial charge >= 0.3 is 5.97 Å². The van der Waals surface area contributed by atoms with Crippen LogP contribution in [-0.4, -0.2) is 30.1 Å². The first-order chi connectivity index (χ1) is 10.1. The fourth-order valence-electron chi connectivity index (χ4n) is 2.73. The number of amides is 1. The molecule has 0 radical (unpaired) electrons. The Morgan fingerprint density at radius 3 is 2.76 bits per heavy atom. The average molecular weight is 284 g/mol. The number of likely N-dealkylation sites (N-methyl/N-ethyl adjacent to an activating group) is 1. The van der Waals surface area contributed by atoms with Gasteiger partial charge in [-0.15, -0.1) is 0 Å². The SMILES string of the molecule is CCOC(=O)c1cccn1C1C(=O)N(C)c2ccccc21. The molecule has 0 saturated carbocycles. The zero-order valence-corrected chi connectivity index (χ0v) is 11.9. The first-order valence-electron chi connectivity index (χ1n) is 6.85. The molecule has 21 heavy (non-hydrogen) atoms. The highest BCUT2D eigenvalue weighted by molar-refractivity contribution is 6.05. The number of anilines is 1. The number of fused-ring (bicyclic) bond motifs is 1. The fourth-order valence-corrected chi connectivity index (χ4v) is 2.73. The van der Waals surface area contributed by atoms with Crippen molar-refractivity contribution < 1.29 is 14.3 Å². The molecule has 1 aromatic heterocycles. The third-order valence-corrected chi connectivity index (χ3v) is 3.70. The smallest absolute Gasteiger partial charge is 0.354 e. The second-order valence-electron chi connectivity index (χ2n) is 4.88. The predicted octanol–water partition coefficient (Wildman–Crippen LogP) is 2.23. The number of carbonyl (C=O) groups excluding carboxylic acids is 2. The zero-order valence-electron chi connectivity index (χ0n) is 11.9. The summed E-state index contributed by atoms with van der Waals surface area (Å²) in [7, 11) is 1.74. The van der Waals surface area contributed by atoms with E-state index in [0.717, 1.165) is 11.3 Å². The Balaban J connectivity index is 2.08. The van der Waals surface area contributed by atoms with E-state index < -0.39 is 12.0 Å². The van der Waals surface area contributed by atoms with Crippen LogP contribution in [0.25, 0.3) is 0 Å². The van der Waals surface area contributed by atoms with Crippen molar-refractivity contribution in [1.29, 1.82) is 0 Å². The van der Waals surface area contributed by atoms with Crippen LogP contribution in [0.5, 0.6) is 0 Å². The van der Waals surface area contributed by atoms with Gasteiger partial charge in [-0.2, -0.15) is 0 Å². The van der Waals surface area contributed by atoms with Crippen molar-refractivity contribution in [2.24, 2.45) is 0 Å². The second-order valence-corrected chi connectivity index (χ2v) is 4.88. The molecule has 0 aliphatic carbocycles. The van der Waals surface area contributed by atoms with Crippen molar-refractivity contribution in [1.82, 2.24) is 4.57 Å². The number of esters is 1. The second kappa shape index (κ2) is 5.09. The van der Waals surface area contributed by atoms with Gasteiger partial charge < -0.3 is 14.2 Å². The standard InChI is InChI=1S/C16H16N2O3/c1-3-21-16(20)13-9-6-10-18(13)14-11-7-4-5-8-12(11)17(2)15(14)19/h4-10,14H,3H2,1-2H3. The van der Waals surface area contributed by atoms with Crippen LogP contribution < -0.4 is 4.90 Å². The van der Waals surface area contributed by atoms with E-state index in [4.69, 9.17) is 4.74 Å².